The zero-order valence-electron chi connectivity index (χ0n) is 16.2. The van der Waals surface area contributed by atoms with Crippen LogP contribution in [0.5, 0.6) is 0 Å². The Bertz CT molecular complexity index is 889. The van der Waals surface area contributed by atoms with Gasteiger partial charge in [-0.2, -0.15) is 0 Å². The summed E-state index contributed by atoms with van der Waals surface area (Å²) in [5.74, 6) is -0.915. The van der Waals surface area contributed by atoms with Crippen LogP contribution >= 0.6 is 0 Å². The summed E-state index contributed by atoms with van der Waals surface area (Å²) in [7, 11) is 0. The molecule has 0 atom stereocenters. The molecule has 1 fully saturated rings. The third-order valence-corrected chi connectivity index (χ3v) is 4.85. The number of ether oxygens (including phenoxy) is 1. The highest BCUT2D eigenvalue weighted by molar-refractivity contribution is 5.91. The van der Waals surface area contributed by atoms with E-state index in [4.69, 9.17) is 4.74 Å². The van der Waals surface area contributed by atoms with Crippen LogP contribution in [0.4, 0.5) is 5.69 Å². The lowest BCUT2D eigenvalue weighted by molar-refractivity contribution is -0.384. The predicted molar refractivity (Wildman–Crippen MR) is 106 cm³/mol. The first-order valence-corrected chi connectivity index (χ1v) is 9.39. The molecule has 1 aliphatic heterocycles. The van der Waals surface area contributed by atoms with Crippen molar-refractivity contribution in [3.63, 3.8) is 0 Å². The number of esters is 1. The molecule has 0 unspecified atom stereocenters. The van der Waals surface area contributed by atoms with Crippen molar-refractivity contribution in [1.29, 1.82) is 0 Å². The highest BCUT2D eigenvalue weighted by atomic mass is 16.6. The summed E-state index contributed by atoms with van der Waals surface area (Å²) < 4.78 is 5.07. The lowest BCUT2D eigenvalue weighted by Gasteiger charge is -2.34. The van der Waals surface area contributed by atoms with E-state index in [9.17, 15) is 19.7 Å². The average molecular weight is 397 g/mol. The number of hydrogen-bond acceptors (Lipinski definition) is 6. The second-order valence-corrected chi connectivity index (χ2v) is 7.03. The molecule has 152 valence electrons. The highest BCUT2D eigenvalue weighted by Crippen LogP contribution is 2.13. The van der Waals surface area contributed by atoms with Gasteiger partial charge in [0.1, 0.15) is 0 Å². The first-order chi connectivity index (χ1) is 13.9. The van der Waals surface area contributed by atoms with Gasteiger partial charge >= 0.3 is 5.97 Å². The van der Waals surface area contributed by atoms with Crippen LogP contribution < -0.4 is 0 Å². The molecule has 29 heavy (non-hydrogen) atoms. The van der Waals surface area contributed by atoms with E-state index in [2.05, 4.69) is 30.0 Å². The van der Waals surface area contributed by atoms with Crippen molar-refractivity contribution in [2.24, 2.45) is 0 Å². The molecule has 1 heterocycles. The molecule has 0 radical (unpaired) electrons. The molecule has 3 rings (SSSR count). The second-order valence-electron chi connectivity index (χ2n) is 7.03. The van der Waals surface area contributed by atoms with Crippen LogP contribution in [0.15, 0.2) is 48.5 Å². The summed E-state index contributed by atoms with van der Waals surface area (Å²) in [6.45, 7) is 5.26. The average Bonchev–Trinajstić information content (AvgIpc) is 2.72. The molecule has 2 aromatic rings. The van der Waals surface area contributed by atoms with Crippen LogP contribution in [0, 0.1) is 17.0 Å². The SMILES string of the molecule is Cc1cccc(CN2CCN(C(=O)COC(=O)c3ccc([N+](=O)[O-])cc3)CC2)c1. The van der Waals surface area contributed by atoms with E-state index in [1.165, 1.54) is 35.4 Å². The number of nitro groups is 1. The van der Waals surface area contributed by atoms with Gasteiger partial charge in [-0.25, -0.2) is 4.79 Å². The molecule has 8 nitrogen and oxygen atoms in total. The molecule has 1 amide bonds. The molecule has 1 aliphatic rings. The molecule has 0 saturated carbocycles. The Kier molecular flexibility index (Phi) is 6.56. The normalized spacial score (nSPS) is 14.4. The van der Waals surface area contributed by atoms with Crippen LogP contribution in [0.25, 0.3) is 0 Å². The van der Waals surface area contributed by atoms with Gasteiger partial charge in [0.15, 0.2) is 6.61 Å². The highest BCUT2D eigenvalue weighted by Gasteiger charge is 2.22. The zero-order chi connectivity index (χ0) is 20.8. The maximum Gasteiger partial charge on any atom is 0.338 e. The van der Waals surface area contributed by atoms with Gasteiger partial charge in [0.2, 0.25) is 0 Å². The number of rotatable bonds is 6. The lowest BCUT2D eigenvalue weighted by atomic mass is 10.1. The van der Waals surface area contributed by atoms with Gasteiger partial charge < -0.3 is 9.64 Å². The van der Waals surface area contributed by atoms with Gasteiger partial charge in [0, 0.05) is 44.9 Å². The molecular formula is C21H23N3O5. The third-order valence-electron chi connectivity index (χ3n) is 4.85. The van der Waals surface area contributed by atoms with E-state index < -0.39 is 10.9 Å². The molecule has 0 aromatic heterocycles. The van der Waals surface area contributed by atoms with Gasteiger partial charge in [0.05, 0.1) is 10.5 Å². The standard InChI is InChI=1S/C21H23N3O5/c1-16-3-2-4-17(13-16)14-22-9-11-23(12-10-22)20(25)15-29-21(26)18-5-7-19(8-6-18)24(27)28/h2-8,13H,9-12,14-15H2,1H3. The van der Waals surface area contributed by atoms with Gasteiger partial charge in [-0.3, -0.25) is 19.8 Å². The van der Waals surface area contributed by atoms with Gasteiger partial charge in [-0.05, 0) is 24.6 Å². The van der Waals surface area contributed by atoms with E-state index in [-0.39, 0.29) is 23.8 Å². The monoisotopic (exact) mass is 397 g/mol. The largest absolute Gasteiger partial charge is 0.452 e. The van der Waals surface area contributed by atoms with Crippen LogP contribution in [0.3, 0.4) is 0 Å². The Morgan fingerprint density at radius 1 is 1.07 bits per heavy atom. The quantitative estimate of drug-likeness (QED) is 0.422. The summed E-state index contributed by atoms with van der Waals surface area (Å²) in [5, 5.41) is 10.6. The molecular weight excluding hydrogens is 374 g/mol. The fourth-order valence-electron chi connectivity index (χ4n) is 3.25. The number of carbonyl (C=O) groups excluding carboxylic acids is 2. The smallest absolute Gasteiger partial charge is 0.338 e. The molecule has 0 spiro atoms. The first-order valence-electron chi connectivity index (χ1n) is 9.39. The minimum Gasteiger partial charge on any atom is -0.452 e. The number of amides is 1. The van der Waals surface area contributed by atoms with Gasteiger partial charge in [-0.1, -0.05) is 29.8 Å². The summed E-state index contributed by atoms with van der Waals surface area (Å²) in [6, 6.07) is 13.5. The van der Waals surface area contributed by atoms with Crippen molar-refractivity contribution in [2.45, 2.75) is 13.5 Å². The molecule has 2 aromatic carbocycles. The fraction of sp³-hybridized carbons (Fsp3) is 0.333. The molecule has 8 heteroatoms. The van der Waals surface area contributed by atoms with Crippen LogP contribution in [-0.4, -0.2) is 59.4 Å². The molecule has 0 aliphatic carbocycles. The van der Waals surface area contributed by atoms with E-state index in [1.807, 2.05) is 6.07 Å². The Morgan fingerprint density at radius 3 is 2.38 bits per heavy atom. The van der Waals surface area contributed by atoms with Crippen molar-refractivity contribution in [3.8, 4) is 0 Å². The van der Waals surface area contributed by atoms with Crippen molar-refractivity contribution in [3.05, 3.63) is 75.3 Å². The first kappa shape index (κ1) is 20.5. The van der Waals surface area contributed by atoms with Crippen molar-refractivity contribution < 1.29 is 19.2 Å². The third kappa shape index (κ3) is 5.61. The van der Waals surface area contributed by atoms with Crippen molar-refractivity contribution >= 4 is 17.6 Å². The fourth-order valence-corrected chi connectivity index (χ4v) is 3.25. The second kappa shape index (κ2) is 9.29. The molecule has 0 N–H and O–H groups in total. The van der Waals surface area contributed by atoms with E-state index in [0.717, 1.165) is 19.6 Å². The summed E-state index contributed by atoms with van der Waals surface area (Å²) >= 11 is 0. The topological polar surface area (TPSA) is 93.0 Å². The number of nitrogens with zero attached hydrogens (tertiary/aromatic N) is 3. The number of piperazine rings is 1. The van der Waals surface area contributed by atoms with Gasteiger partial charge in [-0.15, -0.1) is 0 Å². The van der Waals surface area contributed by atoms with Crippen LogP contribution in [0.2, 0.25) is 0 Å². The van der Waals surface area contributed by atoms with E-state index >= 15 is 0 Å². The minimum absolute atomic E-state index is 0.110. The maximum atomic E-state index is 12.3. The Morgan fingerprint density at radius 2 is 1.76 bits per heavy atom. The predicted octanol–water partition coefficient (Wildman–Crippen LogP) is 2.40. The summed E-state index contributed by atoms with van der Waals surface area (Å²) in [4.78, 5) is 38.4. The minimum atomic E-state index is -0.675. The molecule has 0 bridgehead atoms. The Labute approximate surface area is 168 Å². The number of nitro benzene ring substituents is 1. The van der Waals surface area contributed by atoms with E-state index in [0.29, 0.717) is 13.1 Å². The zero-order valence-corrected chi connectivity index (χ0v) is 16.2. The summed E-state index contributed by atoms with van der Waals surface area (Å²) in [6.07, 6.45) is 0. The Hall–Kier alpha value is -3.26. The number of carbonyl (C=O) groups is 2. The van der Waals surface area contributed by atoms with Crippen molar-refractivity contribution in [1.82, 2.24) is 9.80 Å². The number of hydrogen-bond donors (Lipinski definition) is 0. The van der Waals surface area contributed by atoms with Crippen LogP contribution in [-0.2, 0) is 16.1 Å². The number of benzene rings is 2. The summed E-state index contributed by atoms with van der Waals surface area (Å²) in [5.41, 5.74) is 2.54. The maximum absolute atomic E-state index is 12.3. The number of non-ortho nitro benzene ring substituents is 1. The van der Waals surface area contributed by atoms with Crippen molar-refractivity contribution in [2.75, 3.05) is 32.8 Å². The molecule has 1 saturated heterocycles. The van der Waals surface area contributed by atoms with Crippen LogP contribution in [0.1, 0.15) is 21.5 Å². The number of aryl methyl sites for hydroxylation is 1. The van der Waals surface area contributed by atoms with E-state index in [1.54, 1.807) is 4.90 Å². The van der Waals surface area contributed by atoms with Gasteiger partial charge in [0.25, 0.3) is 11.6 Å². The lowest BCUT2D eigenvalue weighted by Crippen LogP contribution is -2.49. The Balaban J connectivity index is 1.43.